The molecule has 0 aliphatic carbocycles. The Balaban J connectivity index is 1.77. The first-order valence-electron chi connectivity index (χ1n) is 10.5. The van der Waals surface area contributed by atoms with E-state index in [9.17, 15) is 27.2 Å². The van der Waals surface area contributed by atoms with Crippen molar-refractivity contribution in [3.05, 3.63) is 71.8 Å². The Morgan fingerprint density at radius 2 is 0.917 bits per heavy atom. The molecule has 8 nitrogen and oxygen atoms in total. The second kappa shape index (κ2) is 11.8. The molecule has 3 rings (SSSR count). The molecule has 0 aromatic heterocycles. The van der Waals surface area contributed by atoms with Crippen LogP contribution in [-0.2, 0) is 9.47 Å². The summed E-state index contributed by atoms with van der Waals surface area (Å²) in [6, 6.07) is 10.2. The average molecular weight is 508 g/mol. The Kier molecular flexibility index (Phi) is 8.55. The maximum Gasteiger partial charge on any atom is 0.411 e. The van der Waals surface area contributed by atoms with Gasteiger partial charge in [-0.15, -0.1) is 0 Å². The van der Waals surface area contributed by atoms with Gasteiger partial charge >= 0.3 is 12.2 Å². The number of nitrogens with one attached hydrogen (secondary N) is 2. The quantitative estimate of drug-likeness (QED) is 0.252. The molecule has 0 aliphatic heterocycles. The average Bonchev–Trinajstić information content (AvgIpc) is 2.85. The second-order valence-corrected chi connectivity index (χ2v) is 6.86. The standard InChI is InChI=1S/C24H20F4N2O6/c1-3-33-23(31)29-13-5-9-15(10-6-13)35-21-17(25)19(27)22(20(28)18(21)26)36-16-11-7-14(8-12-16)30-24(32)34-4-2/h5-12H,3-4H2,1-2H3,(H,29,31)(H,30,32). The minimum Gasteiger partial charge on any atom is -0.451 e. The highest BCUT2D eigenvalue weighted by Gasteiger charge is 2.29. The predicted molar refractivity (Wildman–Crippen MR) is 121 cm³/mol. The van der Waals surface area contributed by atoms with Crippen LogP contribution >= 0.6 is 0 Å². The Hall–Kier alpha value is -4.48. The van der Waals surface area contributed by atoms with Gasteiger partial charge in [0.1, 0.15) is 11.5 Å². The Bertz CT molecular complexity index is 1110. The SMILES string of the molecule is CCOC(=O)Nc1ccc(Oc2c(F)c(F)c(Oc3ccc(NC(=O)OCC)cc3)c(F)c2F)cc1. The van der Waals surface area contributed by atoms with Crippen LogP contribution in [-0.4, -0.2) is 25.4 Å². The van der Waals surface area contributed by atoms with Gasteiger partial charge in [-0.25, -0.2) is 9.59 Å². The maximum atomic E-state index is 14.6. The lowest BCUT2D eigenvalue weighted by Gasteiger charge is -2.14. The molecule has 0 aliphatic rings. The fourth-order valence-electron chi connectivity index (χ4n) is 2.79. The van der Waals surface area contributed by atoms with Gasteiger partial charge in [-0.05, 0) is 62.4 Å². The molecular weight excluding hydrogens is 488 g/mol. The van der Waals surface area contributed by atoms with Gasteiger partial charge in [-0.3, -0.25) is 10.6 Å². The van der Waals surface area contributed by atoms with Crippen molar-refractivity contribution < 1.29 is 46.1 Å². The van der Waals surface area contributed by atoms with Gasteiger partial charge in [0.25, 0.3) is 0 Å². The van der Waals surface area contributed by atoms with E-state index in [0.717, 1.165) is 0 Å². The number of carbonyl (C=O) groups is 2. The van der Waals surface area contributed by atoms with E-state index < -0.39 is 47.0 Å². The van der Waals surface area contributed by atoms with E-state index >= 15 is 0 Å². The number of benzene rings is 3. The topological polar surface area (TPSA) is 95.1 Å². The molecule has 3 aromatic carbocycles. The summed E-state index contributed by atoms with van der Waals surface area (Å²) in [6.45, 7) is 3.55. The molecule has 2 amide bonds. The van der Waals surface area contributed by atoms with Crippen molar-refractivity contribution in [2.24, 2.45) is 0 Å². The van der Waals surface area contributed by atoms with Crippen molar-refractivity contribution in [3.8, 4) is 23.0 Å². The highest BCUT2D eigenvalue weighted by molar-refractivity contribution is 5.85. The van der Waals surface area contributed by atoms with Crippen LogP contribution in [0, 0.1) is 23.3 Å². The molecule has 12 heteroatoms. The predicted octanol–water partition coefficient (Wildman–Crippen LogP) is 6.96. The molecule has 0 unspecified atom stereocenters. The van der Waals surface area contributed by atoms with E-state index in [1.807, 2.05) is 0 Å². The minimum absolute atomic E-state index is 0.153. The van der Waals surface area contributed by atoms with Crippen LogP contribution in [0.15, 0.2) is 48.5 Å². The third kappa shape index (κ3) is 6.34. The lowest BCUT2D eigenvalue weighted by atomic mass is 10.2. The van der Waals surface area contributed by atoms with Crippen LogP contribution in [0.3, 0.4) is 0 Å². The van der Waals surface area contributed by atoms with Gasteiger partial charge in [0.2, 0.25) is 34.8 Å². The molecule has 190 valence electrons. The van der Waals surface area contributed by atoms with Gasteiger partial charge in [0.15, 0.2) is 0 Å². The number of carbonyl (C=O) groups excluding carboxylic acids is 2. The summed E-state index contributed by atoms with van der Waals surface area (Å²) in [5.41, 5.74) is 0.567. The molecule has 0 bridgehead atoms. The fraction of sp³-hybridized carbons (Fsp3) is 0.167. The van der Waals surface area contributed by atoms with E-state index in [0.29, 0.717) is 0 Å². The van der Waals surface area contributed by atoms with Crippen LogP contribution < -0.4 is 20.1 Å². The van der Waals surface area contributed by atoms with Crippen LogP contribution in [0.4, 0.5) is 38.5 Å². The Morgan fingerprint density at radius 1 is 0.611 bits per heavy atom. The summed E-state index contributed by atoms with van der Waals surface area (Å²) in [7, 11) is 0. The first-order valence-corrected chi connectivity index (χ1v) is 10.5. The first-order chi connectivity index (χ1) is 17.2. The largest absolute Gasteiger partial charge is 0.451 e. The Morgan fingerprint density at radius 3 is 1.19 bits per heavy atom. The van der Waals surface area contributed by atoms with Crippen LogP contribution in [0.1, 0.15) is 13.8 Å². The smallest absolute Gasteiger partial charge is 0.411 e. The Labute approximate surface area is 202 Å². The second-order valence-electron chi connectivity index (χ2n) is 6.86. The lowest BCUT2D eigenvalue weighted by molar-refractivity contribution is 0.167. The molecule has 36 heavy (non-hydrogen) atoms. The number of ether oxygens (including phenoxy) is 4. The van der Waals surface area contributed by atoms with Gasteiger partial charge < -0.3 is 18.9 Å². The molecule has 0 spiro atoms. The van der Waals surface area contributed by atoms with E-state index in [-0.39, 0.29) is 36.1 Å². The number of amides is 2. The molecular formula is C24H20F4N2O6. The lowest BCUT2D eigenvalue weighted by Crippen LogP contribution is -2.13. The van der Waals surface area contributed by atoms with E-state index in [1.54, 1.807) is 13.8 Å². The zero-order valence-electron chi connectivity index (χ0n) is 19.0. The summed E-state index contributed by atoms with van der Waals surface area (Å²) < 4.78 is 77.8. The molecule has 0 heterocycles. The summed E-state index contributed by atoms with van der Waals surface area (Å²) in [4.78, 5) is 22.8. The number of rotatable bonds is 8. The molecule has 0 fully saturated rings. The van der Waals surface area contributed by atoms with Crippen LogP contribution in [0.25, 0.3) is 0 Å². The van der Waals surface area contributed by atoms with E-state index in [4.69, 9.17) is 18.9 Å². The van der Waals surface area contributed by atoms with Crippen LogP contribution in [0.2, 0.25) is 0 Å². The minimum atomic E-state index is -1.82. The van der Waals surface area contributed by atoms with Crippen molar-refractivity contribution in [2.45, 2.75) is 13.8 Å². The zero-order chi connectivity index (χ0) is 26.2. The van der Waals surface area contributed by atoms with Crippen molar-refractivity contribution in [3.63, 3.8) is 0 Å². The maximum absolute atomic E-state index is 14.6. The highest BCUT2D eigenvalue weighted by Crippen LogP contribution is 2.39. The number of hydrogen-bond acceptors (Lipinski definition) is 6. The number of hydrogen-bond donors (Lipinski definition) is 2. The van der Waals surface area contributed by atoms with Gasteiger partial charge in [-0.2, -0.15) is 17.6 Å². The highest BCUT2D eigenvalue weighted by atomic mass is 19.2. The first kappa shape index (κ1) is 26.1. The molecule has 0 radical (unpaired) electrons. The van der Waals surface area contributed by atoms with E-state index in [2.05, 4.69) is 10.6 Å². The van der Waals surface area contributed by atoms with Gasteiger partial charge in [0, 0.05) is 11.4 Å². The molecule has 3 aromatic rings. The number of anilines is 2. The van der Waals surface area contributed by atoms with Gasteiger partial charge in [0.05, 0.1) is 13.2 Å². The van der Waals surface area contributed by atoms with Crippen molar-refractivity contribution in [2.75, 3.05) is 23.8 Å². The molecule has 0 saturated heterocycles. The summed E-state index contributed by atoms with van der Waals surface area (Å²) in [6.07, 6.45) is -1.43. The molecule has 0 atom stereocenters. The molecule has 2 N–H and O–H groups in total. The van der Waals surface area contributed by atoms with Crippen molar-refractivity contribution in [1.29, 1.82) is 0 Å². The summed E-state index contributed by atoms with van der Waals surface area (Å²) >= 11 is 0. The normalized spacial score (nSPS) is 10.4. The van der Waals surface area contributed by atoms with E-state index in [1.165, 1.54) is 48.5 Å². The van der Waals surface area contributed by atoms with Crippen molar-refractivity contribution in [1.82, 2.24) is 0 Å². The fourth-order valence-corrected chi connectivity index (χ4v) is 2.79. The monoisotopic (exact) mass is 508 g/mol. The third-order valence-electron chi connectivity index (χ3n) is 4.37. The van der Waals surface area contributed by atoms with Crippen molar-refractivity contribution >= 4 is 23.6 Å². The zero-order valence-corrected chi connectivity index (χ0v) is 19.0. The van der Waals surface area contributed by atoms with Gasteiger partial charge in [-0.1, -0.05) is 0 Å². The number of halogens is 4. The van der Waals surface area contributed by atoms with Crippen LogP contribution in [0.5, 0.6) is 23.0 Å². The summed E-state index contributed by atoms with van der Waals surface area (Å²) in [5.74, 6) is -10.3. The third-order valence-corrected chi connectivity index (χ3v) is 4.37. The molecule has 0 saturated carbocycles. The summed E-state index contributed by atoms with van der Waals surface area (Å²) in [5, 5.41) is 4.79.